The van der Waals surface area contributed by atoms with Gasteiger partial charge in [-0.05, 0) is 38.0 Å². The van der Waals surface area contributed by atoms with Gasteiger partial charge in [0.2, 0.25) is 0 Å². The highest BCUT2D eigenvalue weighted by Crippen LogP contribution is 2.15. The van der Waals surface area contributed by atoms with Crippen molar-refractivity contribution in [2.45, 2.75) is 26.8 Å². The number of hydrogen-bond donors (Lipinski definition) is 1. The van der Waals surface area contributed by atoms with Crippen LogP contribution in [0.15, 0.2) is 30.4 Å². The summed E-state index contributed by atoms with van der Waals surface area (Å²) >= 11 is 0. The Kier molecular flexibility index (Phi) is 4.50. The SMILES string of the molecule is C/C=C/CNC(C)c1ccc(C)c(F)c1. The first kappa shape index (κ1) is 11.9. The van der Waals surface area contributed by atoms with E-state index in [2.05, 4.69) is 5.32 Å². The number of benzene rings is 1. The Balaban J connectivity index is 2.65. The van der Waals surface area contributed by atoms with Gasteiger partial charge in [0.15, 0.2) is 0 Å². The first-order chi connectivity index (χ1) is 7.15. The Bertz CT molecular complexity index is 344. The molecule has 1 atom stereocenters. The molecule has 0 aromatic heterocycles. The minimum Gasteiger partial charge on any atom is -0.307 e. The normalized spacial score (nSPS) is 13.3. The quantitative estimate of drug-likeness (QED) is 0.746. The van der Waals surface area contributed by atoms with E-state index in [4.69, 9.17) is 0 Å². The largest absolute Gasteiger partial charge is 0.307 e. The third kappa shape index (κ3) is 3.48. The van der Waals surface area contributed by atoms with Crippen molar-refractivity contribution in [3.05, 3.63) is 47.3 Å². The minimum absolute atomic E-state index is 0.132. The van der Waals surface area contributed by atoms with E-state index in [1.807, 2.05) is 38.1 Å². The minimum atomic E-state index is -0.132. The van der Waals surface area contributed by atoms with Crippen LogP contribution in [0, 0.1) is 12.7 Å². The highest BCUT2D eigenvalue weighted by molar-refractivity contribution is 5.25. The van der Waals surface area contributed by atoms with Gasteiger partial charge < -0.3 is 5.32 Å². The van der Waals surface area contributed by atoms with Crippen LogP contribution in [-0.4, -0.2) is 6.54 Å². The summed E-state index contributed by atoms with van der Waals surface area (Å²) in [5.74, 6) is -0.132. The maximum atomic E-state index is 13.3. The first-order valence-corrected chi connectivity index (χ1v) is 5.25. The van der Waals surface area contributed by atoms with Crippen LogP contribution in [-0.2, 0) is 0 Å². The smallest absolute Gasteiger partial charge is 0.126 e. The molecule has 1 unspecified atom stereocenters. The average molecular weight is 207 g/mol. The molecule has 15 heavy (non-hydrogen) atoms. The number of rotatable bonds is 4. The summed E-state index contributed by atoms with van der Waals surface area (Å²) in [6, 6.07) is 5.56. The van der Waals surface area contributed by atoms with E-state index in [9.17, 15) is 4.39 Å². The summed E-state index contributed by atoms with van der Waals surface area (Å²) in [4.78, 5) is 0. The maximum absolute atomic E-state index is 13.3. The summed E-state index contributed by atoms with van der Waals surface area (Å²) < 4.78 is 13.3. The average Bonchev–Trinajstić information content (AvgIpc) is 2.22. The Morgan fingerprint density at radius 3 is 2.80 bits per heavy atom. The zero-order valence-electron chi connectivity index (χ0n) is 9.55. The van der Waals surface area contributed by atoms with Gasteiger partial charge in [0.25, 0.3) is 0 Å². The van der Waals surface area contributed by atoms with Crippen LogP contribution in [0.1, 0.15) is 31.0 Å². The maximum Gasteiger partial charge on any atom is 0.126 e. The van der Waals surface area contributed by atoms with Crippen molar-refractivity contribution >= 4 is 0 Å². The Labute approximate surface area is 91.0 Å². The van der Waals surface area contributed by atoms with Crippen LogP contribution in [0.4, 0.5) is 4.39 Å². The lowest BCUT2D eigenvalue weighted by Crippen LogP contribution is -2.18. The lowest BCUT2D eigenvalue weighted by Gasteiger charge is -2.13. The highest BCUT2D eigenvalue weighted by Gasteiger charge is 2.05. The third-order valence-corrected chi connectivity index (χ3v) is 2.47. The lowest BCUT2D eigenvalue weighted by atomic mass is 10.1. The predicted molar refractivity (Wildman–Crippen MR) is 62.4 cm³/mol. The molecule has 0 spiro atoms. The number of allylic oxidation sites excluding steroid dienone is 1. The zero-order chi connectivity index (χ0) is 11.3. The highest BCUT2D eigenvalue weighted by atomic mass is 19.1. The lowest BCUT2D eigenvalue weighted by molar-refractivity contribution is 0.590. The number of halogens is 1. The zero-order valence-corrected chi connectivity index (χ0v) is 9.55. The Hall–Kier alpha value is -1.15. The molecule has 0 amide bonds. The molecule has 1 rings (SSSR count). The summed E-state index contributed by atoms with van der Waals surface area (Å²) in [6.45, 7) is 6.61. The molecule has 0 saturated carbocycles. The van der Waals surface area contributed by atoms with Crippen LogP contribution < -0.4 is 5.32 Å². The van der Waals surface area contributed by atoms with Crippen LogP contribution in [0.5, 0.6) is 0 Å². The fourth-order valence-corrected chi connectivity index (χ4v) is 1.36. The van der Waals surface area contributed by atoms with Gasteiger partial charge in [0.05, 0.1) is 0 Å². The van der Waals surface area contributed by atoms with Gasteiger partial charge in [-0.3, -0.25) is 0 Å². The van der Waals surface area contributed by atoms with Gasteiger partial charge in [0.1, 0.15) is 5.82 Å². The van der Waals surface area contributed by atoms with Crippen LogP contribution >= 0.6 is 0 Å². The summed E-state index contributed by atoms with van der Waals surface area (Å²) in [6.07, 6.45) is 4.04. The fraction of sp³-hybridized carbons (Fsp3) is 0.385. The van der Waals surface area contributed by atoms with Crippen LogP contribution in [0.2, 0.25) is 0 Å². The van der Waals surface area contributed by atoms with Crippen molar-refractivity contribution in [3.8, 4) is 0 Å². The van der Waals surface area contributed by atoms with E-state index in [0.717, 1.165) is 12.1 Å². The summed E-state index contributed by atoms with van der Waals surface area (Å²) in [5, 5.41) is 3.29. The van der Waals surface area contributed by atoms with Crippen LogP contribution in [0.25, 0.3) is 0 Å². The second-order valence-corrected chi connectivity index (χ2v) is 3.71. The van der Waals surface area contributed by atoms with Crippen molar-refractivity contribution in [3.63, 3.8) is 0 Å². The van der Waals surface area contributed by atoms with Crippen molar-refractivity contribution in [1.82, 2.24) is 5.32 Å². The van der Waals surface area contributed by atoms with Gasteiger partial charge in [0, 0.05) is 12.6 Å². The molecule has 1 aromatic carbocycles. The molecule has 0 radical (unpaired) electrons. The molecule has 0 aliphatic heterocycles. The second kappa shape index (κ2) is 5.66. The Morgan fingerprint density at radius 2 is 2.20 bits per heavy atom. The van der Waals surface area contributed by atoms with Crippen molar-refractivity contribution in [1.29, 1.82) is 0 Å². The van der Waals surface area contributed by atoms with Gasteiger partial charge in [-0.2, -0.15) is 0 Å². The van der Waals surface area contributed by atoms with Gasteiger partial charge >= 0.3 is 0 Å². The number of aryl methyl sites for hydroxylation is 1. The molecular weight excluding hydrogens is 189 g/mol. The van der Waals surface area contributed by atoms with E-state index in [0.29, 0.717) is 5.56 Å². The standard InChI is InChI=1S/C13H18FN/c1-4-5-8-15-11(3)12-7-6-10(2)13(14)9-12/h4-7,9,11,15H,8H2,1-3H3/b5-4+. The van der Waals surface area contributed by atoms with E-state index >= 15 is 0 Å². The molecule has 0 aliphatic rings. The molecule has 0 bridgehead atoms. The van der Waals surface area contributed by atoms with Crippen molar-refractivity contribution < 1.29 is 4.39 Å². The molecule has 0 aliphatic carbocycles. The van der Waals surface area contributed by atoms with E-state index < -0.39 is 0 Å². The van der Waals surface area contributed by atoms with Crippen LogP contribution in [0.3, 0.4) is 0 Å². The molecule has 1 N–H and O–H groups in total. The van der Waals surface area contributed by atoms with E-state index in [-0.39, 0.29) is 11.9 Å². The number of hydrogen-bond acceptors (Lipinski definition) is 1. The topological polar surface area (TPSA) is 12.0 Å². The molecule has 82 valence electrons. The van der Waals surface area contributed by atoms with Gasteiger partial charge in [-0.1, -0.05) is 24.3 Å². The fourth-order valence-electron chi connectivity index (χ4n) is 1.36. The molecule has 1 aromatic rings. The van der Waals surface area contributed by atoms with Crippen molar-refractivity contribution in [2.24, 2.45) is 0 Å². The summed E-state index contributed by atoms with van der Waals surface area (Å²) in [7, 11) is 0. The first-order valence-electron chi connectivity index (χ1n) is 5.25. The second-order valence-electron chi connectivity index (χ2n) is 3.71. The third-order valence-electron chi connectivity index (χ3n) is 2.47. The summed E-state index contributed by atoms with van der Waals surface area (Å²) in [5.41, 5.74) is 1.68. The molecule has 1 nitrogen and oxygen atoms in total. The predicted octanol–water partition coefficient (Wildman–Crippen LogP) is 3.36. The van der Waals surface area contributed by atoms with Gasteiger partial charge in [-0.25, -0.2) is 4.39 Å². The molecule has 2 heteroatoms. The number of nitrogens with one attached hydrogen (secondary N) is 1. The van der Waals surface area contributed by atoms with E-state index in [1.54, 1.807) is 13.0 Å². The van der Waals surface area contributed by atoms with Gasteiger partial charge in [-0.15, -0.1) is 0 Å². The van der Waals surface area contributed by atoms with Crippen molar-refractivity contribution in [2.75, 3.05) is 6.54 Å². The monoisotopic (exact) mass is 207 g/mol. The van der Waals surface area contributed by atoms with E-state index in [1.165, 1.54) is 0 Å². The molecule has 0 saturated heterocycles. The molecular formula is C13H18FN. The molecule has 0 fully saturated rings. The Morgan fingerprint density at radius 1 is 1.47 bits per heavy atom. The molecule has 0 heterocycles.